The van der Waals surface area contributed by atoms with Crippen LogP contribution in [-0.2, 0) is 4.79 Å². The first-order valence-electron chi connectivity index (χ1n) is 6.29. The molecule has 1 rings (SSSR count). The van der Waals surface area contributed by atoms with Gasteiger partial charge in [0.25, 0.3) is 0 Å². The second-order valence-electron chi connectivity index (χ2n) is 4.82. The van der Waals surface area contributed by atoms with E-state index < -0.39 is 0 Å². The molecule has 0 heterocycles. The number of amides is 1. The Morgan fingerprint density at radius 3 is 2.50 bits per heavy atom. The van der Waals surface area contributed by atoms with Crippen molar-refractivity contribution in [2.75, 3.05) is 33.7 Å². The molecular weight excluding hydrogens is 202 g/mol. The molecule has 0 aromatic rings. The van der Waals surface area contributed by atoms with Crippen molar-refractivity contribution < 1.29 is 4.79 Å². The van der Waals surface area contributed by atoms with Crippen molar-refractivity contribution in [2.24, 2.45) is 5.73 Å². The van der Waals surface area contributed by atoms with Gasteiger partial charge in [0.15, 0.2) is 0 Å². The second-order valence-corrected chi connectivity index (χ2v) is 4.82. The number of rotatable bonds is 8. The lowest BCUT2D eigenvalue weighted by Crippen LogP contribution is -2.38. The highest BCUT2D eigenvalue weighted by molar-refractivity contribution is 5.78. The molecule has 0 aliphatic heterocycles. The predicted octanol–water partition coefficient (Wildman–Crippen LogP) is 0.668. The zero-order valence-corrected chi connectivity index (χ0v) is 10.6. The van der Waals surface area contributed by atoms with Gasteiger partial charge < -0.3 is 10.6 Å². The molecule has 1 saturated carbocycles. The van der Waals surface area contributed by atoms with Crippen LogP contribution in [-0.4, -0.2) is 55.5 Å². The van der Waals surface area contributed by atoms with Gasteiger partial charge in [0.05, 0.1) is 6.54 Å². The Morgan fingerprint density at radius 1 is 1.25 bits per heavy atom. The minimum atomic E-state index is 0.254. The van der Waals surface area contributed by atoms with Gasteiger partial charge in [-0.05, 0) is 45.8 Å². The third-order valence-electron chi connectivity index (χ3n) is 3.14. The number of unbranched alkanes of at least 4 members (excludes halogenated alkanes) is 2. The van der Waals surface area contributed by atoms with Gasteiger partial charge in [-0.15, -0.1) is 0 Å². The molecule has 4 heteroatoms. The molecular formula is C12H25N3O. The number of hydrogen-bond acceptors (Lipinski definition) is 3. The molecule has 1 fully saturated rings. The number of carbonyl (C=O) groups is 1. The van der Waals surface area contributed by atoms with E-state index in [0.29, 0.717) is 12.6 Å². The standard InChI is InChI=1S/C12H25N3O/c1-14(9-5-3-4-8-13)10-12(16)15(2)11-6-7-11/h11H,3-10,13H2,1-2H3. The van der Waals surface area contributed by atoms with Crippen LogP contribution in [0.15, 0.2) is 0 Å². The van der Waals surface area contributed by atoms with E-state index in [-0.39, 0.29) is 5.91 Å². The van der Waals surface area contributed by atoms with Crippen LogP contribution in [0.5, 0.6) is 0 Å². The van der Waals surface area contributed by atoms with Gasteiger partial charge in [0.1, 0.15) is 0 Å². The van der Waals surface area contributed by atoms with Crippen molar-refractivity contribution >= 4 is 5.91 Å². The van der Waals surface area contributed by atoms with Crippen molar-refractivity contribution in [3.05, 3.63) is 0 Å². The lowest BCUT2D eigenvalue weighted by molar-refractivity contribution is -0.131. The molecule has 2 N–H and O–H groups in total. The molecule has 4 nitrogen and oxygen atoms in total. The molecule has 0 aromatic heterocycles. The summed E-state index contributed by atoms with van der Waals surface area (Å²) in [6, 6.07) is 0.526. The molecule has 16 heavy (non-hydrogen) atoms. The number of likely N-dealkylation sites (N-methyl/N-ethyl adjacent to an activating group) is 2. The highest BCUT2D eigenvalue weighted by Crippen LogP contribution is 2.25. The quantitative estimate of drug-likeness (QED) is 0.620. The van der Waals surface area contributed by atoms with E-state index >= 15 is 0 Å². The van der Waals surface area contributed by atoms with Crippen LogP contribution >= 0.6 is 0 Å². The summed E-state index contributed by atoms with van der Waals surface area (Å²) in [5, 5.41) is 0. The Kier molecular flexibility index (Phi) is 5.77. The zero-order chi connectivity index (χ0) is 12.0. The van der Waals surface area contributed by atoms with E-state index in [9.17, 15) is 4.79 Å². The smallest absolute Gasteiger partial charge is 0.236 e. The molecule has 0 spiro atoms. The van der Waals surface area contributed by atoms with E-state index in [1.54, 1.807) is 0 Å². The molecule has 0 unspecified atom stereocenters. The number of hydrogen-bond donors (Lipinski definition) is 1. The largest absolute Gasteiger partial charge is 0.342 e. The lowest BCUT2D eigenvalue weighted by Gasteiger charge is -2.21. The molecule has 1 amide bonds. The zero-order valence-electron chi connectivity index (χ0n) is 10.6. The first-order chi connectivity index (χ1) is 7.65. The van der Waals surface area contributed by atoms with Crippen LogP contribution in [0.4, 0.5) is 0 Å². The van der Waals surface area contributed by atoms with Crippen LogP contribution in [0, 0.1) is 0 Å². The topological polar surface area (TPSA) is 49.6 Å². The van der Waals surface area contributed by atoms with Crippen molar-refractivity contribution in [3.63, 3.8) is 0 Å². The maximum absolute atomic E-state index is 11.8. The predicted molar refractivity (Wildman–Crippen MR) is 66.2 cm³/mol. The van der Waals surface area contributed by atoms with Gasteiger partial charge in [-0.1, -0.05) is 6.42 Å². The molecule has 0 radical (unpaired) electrons. The molecule has 0 aromatic carbocycles. The Bertz CT molecular complexity index is 216. The number of nitrogens with zero attached hydrogens (tertiary/aromatic N) is 2. The van der Waals surface area contributed by atoms with E-state index in [1.165, 1.54) is 12.8 Å². The Morgan fingerprint density at radius 2 is 1.94 bits per heavy atom. The van der Waals surface area contributed by atoms with Gasteiger partial charge in [0, 0.05) is 13.1 Å². The highest BCUT2D eigenvalue weighted by atomic mass is 16.2. The summed E-state index contributed by atoms with van der Waals surface area (Å²) in [7, 11) is 3.93. The first-order valence-corrected chi connectivity index (χ1v) is 6.29. The van der Waals surface area contributed by atoms with Crippen LogP contribution < -0.4 is 5.73 Å². The van der Waals surface area contributed by atoms with Gasteiger partial charge >= 0.3 is 0 Å². The van der Waals surface area contributed by atoms with Gasteiger partial charge in [-0.2, -0.15) is 0 Å². The third kappa shape index (κ3) is 4.94. The maximum Gasteiger partial charge on any atom is 0.236 e. The van der Waals surface area contributed by atoms with Crippen LogP contribution in [0.3, 0.4) is 0 Å². The van der Waals surface area contributed by atoms with Crippen LogP contribution in [0.25, 0.3) is 0 Å². The van der Waals surface area contributed by atoms with Crippen molar-refractivity contribution in [2.45, 2.75) is 38.1 Å². The summed E-state index contributed by atoms with van der Waals surface area (Å²) in [6.45, 7) is 2.31. The summed E-state index contributed by atoms with van der Waals surface area (Å²) in [5.41, 5.74) is 5.43. The van der Waals surface area contributed by atoms with Crippen molar-refractivity contribution in [1.29, 1.82) is 0 Å². The average molecular weight is 227 g/mol. The summed E-state index contributed by atoms with van der Waals surface area (Å²) < 4.78 is 0. The molecule has 0 atom stereocenters. The average Bonchev–Trinajstić information content (AvgIpc) is 3.07. The lowest BCUT2D eigenvalue weighted by atomic mass is 10.2. The summed E-state index contributed by atoms with van der Waals surface area (Å²) in [5.74, 6) is 0.254. The Hall–Kier alpha value is -0.610. The van der Waals surface area contributed by atoms with Crippen LogP contribution in [0.1, 0.15) is 32.1 Å². The minimum absolute atomic E-state index is 0.254. The Balaban J connectivity index is 2.07. The first kappa shape index (κ1) is 13.5. The summed E-state index contributed by atoms with van der Waals surface area (Å²) in [4.78, 5) is 15.8. The van der Waals surface area contributed by atoms with E-state index in [1.807, 2.05) is 19.0 Å². The molecule has 1 aliphatic rings. The number of nitrogens with two attached hydrogens (primary N) is 1. The molecule has 0 bridgehead atoms. The van der Waals surface area contributed by atoms with E-state index in [0.717, 1.165) is 32.4 Å². The maximum atomic E-state index is 11.8. The van der Waals surface area contributed by atoms with E-state index in [2.05, 4.69) is 4.90 Å². The highest BCUT2D eigenvalue weighted by Gasteiger charge is 2.29. The fourth-order valence-electron chi connectivity index (χ4n) is 1.79. The second kappa shape index (κ2) is 6.86. The fraction of sp³-hybridized carbons (Fsp3) is 0.917. The van der Waals surface area contributed by atoms with Gasteiger partial charge in [-0.25, -0.2) is 0 Å². The summed E-state index contributed by atoms with van der Waals surface area (Å²) in [6.07, 6.45) is 5.75. The monoisotopic (exact) mass is 227 g/mol. The SMILES string of the molecule is CN(CCCCCN)CC(=O)N(C)C1CC1. The molecule has 0 saturated heterocycles. The van der Waals surface area contributed by atoms with Crippen molar-refractivity contribution in [1.82, 2.24) is 9.80 Å². The van der Waals surface area contributed by atoms with Crippen molar-refractivity contribution in [3.8, 4) is 0 Å². The van der Waals surface area contributed by atoms with E-state index in [4.69, 9.17) is 5.73 Å². The molecule has 1 aliphatic carbocycles. The van der Waals surface area contributed by atoms with Crippen LogP contribution in [0.2, 0.25) is 0 Å². The van der Waals surface area contributed by atoms with Gasteiger partial charge in [0.2, 0.25) is 5.91 Å². The normalized spacial score (nSPS) is 15.5. The Labute approximate surface area is 98.8 Å². The van der Waals surface area contributed by atoms with Gasteiger partial charge in [-0.3, -0.25) is 9.69 Å². The number of carbonyl (C=O) groups excluding carboxylic acids is 1. The fourth-order valence-corrected chi connectivity index (χ4v) is 1.79. The third-order valence-corrected chi connectivity index (χ3v) is 3.14. The minimum Gasteiger partial charge on any atom is -0.342 e. The summed E-state index contributed by atoms with van der Waals surface area (Å²) >= 11 is 0. The molecule has 94 valence electrons.